The third-order valence-electron chi connectivity index (χ3n) is 4.88. The molecule has 2 aliphatic rings. The molecule has 1 atom stereocenters. The van der Waals surface area contributed by atoms with E-state index in [2.05, 4.69) is 11.0 Å². The molecule has 2 fully saturated rings. The van der Waals surface area contributed by atoms with Gasteiger partial charge in [0.15, 0.2) is 0 Å². The van der Waals surface area contributed by atoms with Crippen molar-refractivity contribution in [1.82, 2.24) is 9.80 Å². The Balaban J connectivity index is 1.52. The average Bonchev–Trinajstić information content (AvgIpc) is 3.08. The predicted molar refractivity (Wildman–Crippen MR) is 90.2 cm³/mol. The first kappa shape index (κ1) is 16.6. The van der Waals surface area contributed by atoms with Crippen LogP contribution in [0.3, 0.4) is 0 Å². The van der Waals surface area contributed by atoms with Crippen LogP contribution in [0.1, 0.15) is 24.5 Å². The zero-order valence-electron chi connectivity index (χ0n) is 13.1. The summed E-state index contributed by atoms with van der Waals surface area (Å²) in [6.07, 6.45) is 0.535. The average molecular weight is 352 g/mol. The molecule has 1 aliphatic carbocycles. The van der Waals surface area contributed by atoms with Crippen LogP contribution in [0.5, 0.6) is 0 Å². The van der Waals surface area contributed by atoms with Crippen LogP contribution in [-0.2, 0) is 11.3 Å². The molecule has 0 bridgehead atoms. The van der Waals surface area contributed by atoms with E-state index >= 15 is 0 Å². The van der Waals surface area contributed by atoms with Crippen LogP contribution in [0.2, 0.25) is 0 Å². The molecule has 1 unspecified atom stereocenters. The Kier molecular flexibility index (Phi) is 4.31. The van der Waals surface area contributed by atoms with Gasteiger partial charge in [-0.25, -0.2) is 0 Å². The van der Waals surface area contributed by atoms with E-state index in [1.807, 2.05) is 36.1 Å². The number of carbonyl (C=O) groups is 1. The maximum Gasteiger partial charge on any atom is 0.231 e. The monoisotopic (exact) mass is 351 g/mol. The summed E-state index contributed by atoms with van der Waals surface area (Å²) in [5.41, 5.74) is 1.23. The minimum Gasteiger partial charge on any atom is -0.340 e. The number of carbonyl (C=O) groups excluding carboxylic acids is 1. The molecule has 4 nitrogen and oxygen atoms in total. The summed E-state index contributed by atoms with van der Waals surface area (Å²) < 4.78 is -0.899. The lowest BCUT2D eigenvalue weighted by atomic mass is 10.1. The van der Waals surface area contributed by atoms with E-state index in [-0.39, 0.29) is 5.91 Å². The van der Waals surface area contributed by atoms with Gasteiger partial charge in [-0.3, -0.25) is 9.69 Å². The van der Waals surface area contributed by atoms with Crippen molar-refractivity contribution in [2.24, 2.45) is 5.41 Å². The number of amides is 1. The molecule has 23 heavy (non-hydrogen) atoms. The van der Waals surface area contributed by atoms with Crippen molar-refractivity contribution in [2.45, 2.75) is 24.2 Å². The van der Waals surface area contributed by atoms with Crippen LogP contribution in [0.4, 0.5) is 0 Å². The van der Waals surface area contributed by atoms with Crippen LogP contribution < -0.4 is 0 Å². The number of benzene rings is 1. The van der Waals surface area contributed by atoms with E-state index in [4.69, 9.17) is 28.5 Å². The standard InChI is InChI=1S/C17H19Cl2N3O/c1-16(12-17(16,18)19)15(23)22-8-6-21(7-9-22)11-14-4-2-13(10-20)3-5-14/h2-5H,6-9,11-12H2,1H3. The van der Waals surface area contributed by atoms with Crippen molar-refractivity contribution in [3.63, 3.8) is 0 Å². The summed E-state index contributed by atoms with van der Waals surface area (Å²) in [7, 11) is 0. The quantitative estimate of drug-likeness (QED) is 0.786. The second-order valence-electron chi connectivity index (χ2n) is 6.59. The van der Waals surface area contributed by atoms with Gasteiger partial charge in [-0.15, -0.1) is 23.2 Å². The van der Waals surface area contributed by atoms with Gasteiger partial charge in [0, 0.05) is 32.7 Å². The lowest BCUT2D eigenvalue weighted by molar-refractivity contribution is -0.138. The number of piperazine rings is 1. The molecule has 0 aromatic heterocycles. The van der Waals surface area contributed by atoms with Gasteiger partial charge in [0.1, 0.15) is 4.33 Å². The molecule has 1 heterocycles. The highest BCUT2D eigenvalue weighted by Crippen LogP contribution is 2.64. The largest absolute Gasteiger partial charge is 0.340 e. The molecule has 1 aromatic carbocycles. The predicted octanol–water partition coefficient (Wildman–Crippen LogP) is 2.79. The minimum atomic E-state index is -0.899. The number of rotatable bonds is 3. The second kappa shape index (κ2) is 5.98. The molecule has 122 valence electrons. The van der Waals surface area contributed by atoms with Gasteiger partial charge in [-0.2, -0.15) is 5.26 Å². The molecule has 0 spiro atoms. The first-order valence-electron chi connectivity index (χ1n) is 7.74. The molecule has 1 amide bonds. The summed E-state index contributed by atoms with van der Waals surface area (Å²) in [6, 6.07) is 9.76. The SMILES string of the molecule is CC1(C(=O)N2CCN(Cc3ccc(C#N)cc3)CC2)CC1(Cl)Cl. The van der Waals surface area contributed by atoms with Crippen molar-refractivity contribution in [3.8, 4) is 6.07 Å². The van der Waals surface area contributed by atoms with E-state index in [9.17, 15) is 4.79 Å². The molecular weight excluding hydrogens is 333 g/mol. The summed E-state index contributed by atoms with van der Waals surface area (Å²) in [6.45, 7) is 5.75. The Morgan fingerprint density at radius 1 is 1.22 bits per heavy atom. The highest BCUT2D eigenvalue weighted by atomic mass is 35.5. The molecule has 3 rings (SSSR count). The number of hydrogen-bond acceptors (Lipinski definition) is 3. The van der Waals surface area contributed by atoms with Gasteiger partial charge in [-0.05, 0) is 31.0 Å². The van der Waals surface area contributed by atoms with Crippen molar-refractivity contribution in [3.05, 3.63) is 35.4 Å². The third kappa shape index (κ3) is 3.19. The van der Waals surface area contributed by atoms with Crippen molar-refractivity contribution >= 4 is 29.1 Å². The van der Waals surface area contributed by atoms with Crippen molar-refractivity contribution in [1.29, 1.82) is 5.26 Å². The zero-order chi connectivity index (χ0) is 16.7. The van der Waals surface area contributed by atoms with Gasteiger partial charge in [0.05, 0.1) is 17.0 Å². The normalized spacial score (nSPS) is 26.6. The van der Waals surface area contributed by atoms with E-state index in [0.29, 0.717) is 25.1 Å². The van der Waals surface area contributed by atoms with Crippen LogP contribution in [0, 0.1) is 16.7 Å². The Morgan fingerprint density at radius 3 is 2.26 bits per heavy atom. The van der Waals surface area contributed by atoms with Crippen molar-refractivity contribution in [2.75, 3.05) is 26.2 Å². The Morgan fingerprint density at radius 2 is 1.78 bits per heavy atom. The number of alkyl halides is 2. The maximum absolute atomic E-state index is 12.5. The third-order valence-corrected chi connectivity index (χ3v) is 5.98. The molecule has 1 saturated heterocycles. The lowest BCUT2D eigenvalue weighted by Gasteiger charge is -2.36. The van der Waals surface area contributed by atoms with Crippen LogP contribution in [-0.4, -0.2) is 46.2 Å². The van der Waals surface area contributed by atoms with E-state index in [1.54, 1.807) is 0 Å². The van der Waals surface area contributed by atoms with Gasteiger partial charge in [-0.1, -0.05) is 12.1 Å². The minimum absolute atomic E-state index is 0.0699. The number of hydrogen-bond donors (Lipinski definition) is 0. The summed E-state index contributed by atoms with van der Waals surface area (Å²) >= 11 is 12.2. The van der Waals surface area contributed by atoms with Crippen molar-refractivity contribution < 1.29 is 4.79 Å². The van der Waals surface area contributed by atoms with Crippen LogP contribution >= 0.6 is 23.2 Å². The zero-order valence-corrected chi connectivity index (χ0v) is 14.6. The molecule has 0 N–H and O–H groups in total. The fraction of sp³-hybridized carbons (Fsp3) is 0.529. The molecule has 0 radical (unpaired) electrons. The molecule has 1 aliphatic heterocycles. The topological polar surface area (TPSA) is 47.3 Å². The number of halogens is 2. The fourth-order valence-corrected chi connectivity index (χ4v) is 3.73. The summed E-state index contributed by atoms with van der Waals surface area (Å²) in [5, 5.41) is 8.82. The fourth-order valence-electron chi connectivity index (χ4n) is 3.03. The highest BCUT2D eigenvalue weighted by molar-refractivity contribution is 6.53. The second-order valence-corrected chi connectivity index (χ2v) is 8.07. The number of nitriles is 1. The van der Waals surface area contributed by atoms with Gasteiger partial charge in [0.25, 0.3) is 0 Å². The van der Waals surface area contributed by atoms with Gasteiger partial charge >= 0.3 is 0 Å². The molecular formula is C17H19Cl2N3O. The highest BCUT2D eigenvalue weighted by Gasteiger charge is 2.68. The van der Waals surface area contributed by atoms with E-state index in [0.717, 1.165) is 19.6 Å². The number of nitrogens with zero attached hydrogens (tertiary/aromatic N) is 3. The van der Waals surface area contributed by atoms with E-state index < -0.39 is 9.75 Å². The van der Waals surface area contributed by atoms with Gasteiger partial charge < -0.3 is 4.90 Å². The Hall–Kier alpha value is -1.28. The lowest BCUT2D eigenvalue weighted by Crippen LogP contribution is -2.50. The molecule has 1 aromatic rings. The van der Waals surface area contributed by atoms with Gasteiger partial charge in [0.2, 0.25) is 5.91 Å². The van der Waals surface area contributed by atoms with Crippen LogP contribution in [0.25, 0.3) is 0 Å². The molecule has 6 heteroatoms. The van der Waals surface area contributed by atoms with Crippen LogP contribution in [0.15, 0.2) is 24.3 Å². The Labute approximate surface area is 146 Å². The Bertz CT molecular complexity index is 645. The molecule has 1 saturated carbocycles. The summed E-state index contributed by atoms with van der Waals surface area (Å²) in [5.74, 6) is 0.0699. The van der Waals surface area contributed by atoms with E-state index in [1.165, 1.54) is 5.56 Å². The first-order chi connectivity index (χ1) is 10.9. The first-order valence-corrected chi connectivity index (χ1v) is 8.50. The maximum atomic E-state index is 12.5. The summed E-state index contributed by atoms with van der Waals surface area (Å²) in [4.78, 5) is 16.7. The smallest absolute Gasteiger partial charge is 0.231 e.